The average Bonchev–Trinajstić information content (AvgIpc) is 2.83. The first-order valence-electron chi connectivity index (χ1n) is 9.68. The summed E-state index contributed by atoms with van der Waals surface area (Å²) >= 11 is 7.88. The van der Waals surface area contributed by atoms with Gasteiger partial charge in [-0.15, -0.1) is 11.8 Å². The molecule has 4 rings (SSSR count). The molecule has 0 aliphatic carbocycles. The molecule has 3 aromatic carbocycles. The molecule has 0 spiro atoms. The third kappa shape index (κ3) is 4.65. The molecule has 0 saturated carbocycles. The van der Waals surface area contributed by atoms with E-state index in [-0.39, 0.29) is 5.69 Å². The largest absolute Gasteiger partial charge is 0.269 e. The van der Waals surface area contributed by atoms with Crippen molar-refractivity contribution in [2.45, 2.75) is 10.8 Å². The molecule has 0 saturated heterocycles. The van der Waals surface area contributed by atoms with Crippen molar-refractivity contribution in [1.82, 2.24) is 4.98 Å². The van der Waals surface area contributed by atoms with Crippen LogP contribution >= 0.6 is 23.4 Å². The standard InChI is InChI=1S/C25H16ClN3O2S/c26-23-9-5-4-8-20(23)21-14-24(18-6-2-1-3-7-18)28-25(22(21)15-27)32-16-17-10-12-19(13-11-17)29(30)31/h1-14H,16H2. The average molecular weight is 458 g/mol. The molecule has 7 heteroatoms. The fourth-order valence-corrected chi connectivity index (χ4v) is 4.44. The Hall–Kier alpha value is -3.66. The number of non-ortho nitro benzene ring substituents is 1. The van der Waals surface area contributed by atoms with Gasteiger partial charge in [-0.25, -0.2) is 4.98 Å². The van der Waals surface area contributed by atoms with Gasteiger partial charge in [0.15, 0.2) is 0 Å². The number of halogens is 1. The Balaban J connectivity index is 1.78. The number of rotatable bonds is 6. The van der Waals surface area contributed by atoms with Crippen molar-refractivity contribution < 1.29 is 4.92 Å². The van der Waals surface area contributed by atoms with E-state index in [2.05, 4.69) is 6.07 Å². The predicted octanol–water partition coefficient (Wildman–Crippen LogP) is 7.14. The van der Waals surface area contributed by atoms with Gasteiger partial charge in [-0.2, -0.15) is 5.26 Å². The summed E-state index contributed by atoms with van der Waals surface area (Å²) in [5, 5.41) is 22.0. The first kappa shape index (κ1) is 21.6. The van der Waals surface area contributed by atoms with Crippen LogP contribution in [-0.4, -0.2) is 9.91 Å². The highest BCUT2D eigenvalue weighted by Gasteiger charge is 2.17. The van der Waals surface area contributed by atoms with Crippen molar-refractivity contribution in [3.05, 3.63) is 111 Å². The topological polar surface area (TPSA) is 79.8 Å². The van der Waals surface area contributed by atoms with Crippen LogP contribution in [0.3, 0.4) is 0 Å². The molecule has 32 heavy (non-hydrogen) atoms. The lowest BCUT2D eigenvalue weighted by Gasteiger charge is -2.13. The van der Waals surface area contributed by atoms with Crippen molar-refractivity contribution in [2.75, 3.05) is 0 Å². The maximum absolute atomic E-state index is 10.9. The molecule has 0 amide bonds. The van der Waals surface area contributed by atoms with Gasteiger partial charge in [-0.1, -0.05) is 72.3 Å². The van der Waals surface area contributed by atoms with Gasteiger partial charge in [-0.05, 0) is 17.7 Å². The first-order chi connectivity index (χ1) is 15.6. The number of nitro groups is 1. The van der Waals surface area contributed by atoms with Gasteiger partial charge >= 0.3 is 0 Å². The van der Waals surface area contributed by atoms with Gasteiger partial charge in [0.25, 0.3) is 5.69 Å². The molecule has 1 aromatic heterocycles. The van der Waals surface area contributed by atoms with E-state index in [9.17, 15) is 15.4 Å². The summed E-state index contributed by atoms with van der Waals surface area (Å²) in [4.78, 5) is 15.2. The van der Waals surface area contributed by atoms with Crippen LogP contribution in [0.25, 0.3) is 22.4 Å². The van der Waals surface area contributed by atoms with Gasteiger partial charge in [-0.3, -0.25) is 10.1 Å². The van der Waals surface area contributed by atoms with E-state index in [0.717, 1.165) is 27.9 Å². The number of pyridine rings is 1. The fourth-order valence-electron chi connectivity index (χ4n) is 3.25. The maximum Gasteiger partial charge on any atom is 0.269 e. The molecule has 4 aromatic rings. The highest BCUT2D eigenvalue weighted by molar-refractivity contribution is 7.98. The normalized spacial score (nSPS) is 10.5. The minimum atomic E-state index is -0.425. The van der Waals surface area contributed by atoms with Crippen LogP contribution in [0.5, 0.6) is 0 Å². The second-order valence-electron chi connectivity index (χ2n) is 6.91. The Bertz CT molecular complexity index is 1320. The van der Waals surface area contributed by atoms with Crippen molar-refractivity contribution in [3.63, 3.8) is 0 Å². The summed E-state index contributed by atoms with van der Waals surface area (Å²) in [6, 6.07) is 27.7. The minimum absolute atomic E-state index is 0.0432. The molecule has 0 bridgehead atoms. The number of hydrogen-bond donors (Lipinski definition) is 0. The van der Waals surface area contributed by atoms with Crippen LogP contribution in [0.15, 0.2) is 90.0 Å². The van der Waals surface area contributed by atoms with Crippen LogP contribution in [0.2, 0.25) is 5.02 Å². The van der Waals surface area contributed by atoms with E-state index < -0.39 is 4.92 Å². The zero-order chi connectivity index (χ0) is 22.5. The Morgan fingerprint density at radius 2 is 1.66 bits per heavy atom. The van der Waals surface area contributed by atoms with E-state index >= 15 is 0 Å². The van der Waals surface area contributed by atoms with Crippen LogP contribution in [0, 0.1) is 21.4 Å². The second-order valence-corrected chi connectivity index (χ2v) is 8.28. The molecule has 0 aliphatic rings. The molecule has 1 heterocycles. The van der Waals surface area contributed by atoms with E-state index in [1.807, 2.05) is 54.6 Å². The number of hydrogen-bond acceptors (Lipinski definition) is 5. The quantitative estimate of drug-likeness (QED) is 0.174. The molecule has 0 aliphatic heterocycles. The van der Waals surface area contributed by atoms with Crippen LogP contribution < -0.4 is 0 Å². The number of nitrogens with zero attached hydrogens (tertiary/aromatic N) is 3. The van der Waals surface area contributed by atoms with Gasteiger partial charge in [0.05, 0.1) is 16.2 Å². The Morgan fingerprint density at radius 3 is 2.31 bits per heavy atom. The molecular formula is C25H16ClN3O2S. The lowest BCUT2D eigenvalue weighted by molar-refractivity contribution is -0.384. The number of aromatic nitrogens is 1. The van der Waals surface area contributed by atoms with Crippen molar-refractivity contribution in [1.29, 1.82) is 5.26 Å². The molecular weight excluding hydrogens is 442 g/mol. The summed E-state index contributed by atoms with van der Waals surface area (Å²) in [6.45, 7) is 0. The van der Waals surface area contributed by atoms with Gasteiger partial charge in [0.1, 0.15) is 11.1 Å². The first-order valence-corrected chi connectivity index (χ1v) is 11.0. The fraction of sp³-hybridized carbons (Fsp3) is 0.0400. The van der Waals surface area contributed by atoms with Crippen LogP contribution in [-0.2, 0) is 5.75 Å². The zero-order valence-corrected chi connectivity index (χ0v) is 18.3. The number of nitriles is 1. The third-order valence-electron chi connectivity index (χ3n) is 4.85. The molecule has 0 atom stereocenters. The summed E-state index contributed by atoms with van der Waals surface area (Å²) in [6.07, 6.45) is 0. The Kier molecular flexibility index (Phi) is 6.50. The summed E-state index contributed by atoms with van der Waals surface area (Å²) in [5.74, 6) is 0.514. The summed E-state index contributed by atoms with van der Waals surface area (Å²) < 4.78 is 0. The number of benzene rings is 3. The van der Waals surface area contributed by atoms with Crippen LogP contribution in [0.4, 0.5) is 5.69 Å². The Labute approximate surface area is 194 Å². The van der Waals surface area contributed by atoms with Gasteiger partial charge in [0.2, 0.25) is 0 Å². The molecule has 0 fully saturated rings. The minimum Gasteiger partial charge on any atom is -0.258 e. The second kappa shape index (κ2) is 9.65. The maximum atomic E-state index is 10.9. The highest BCUT2D eigenvalue weighted by Crippen LogP contribution is 2.37. The Morgan fingerprint density at radius 1 is 0.969 bits per heavy atom. The summed E-state index contributed by atoms with van der Waals surface area (Å²) in [7, 11) is 0. The molecule has 0 unspecified atom stereocenters. The monoisotopic (exact) mass is 457 g/mol. The molecule has 5 nitrogen and oxygen atoms in total. The molecule has 0 N–H and O–H groups in total. The summed E-state index contributed by atoms with van der Waals surface area (Å²) in [5.41, 5.74) is 4.55. The number of thioether (sulfide) groups is 1. The van der Waals surface area contributed by atoms with Gasteiger partial charge < -0.3 is 0 Å². The van der Waals surface area contributed by atoms with E-state index in [0.29, 0.717) is 21.4 Å². The van der Waals surface area contributed by atoms with Gasteiger partial charge in [0, 0.05) is 39.6 Å². The van der Waals surface area contributed by atoms with Crippen molar-refractivity contribution in [3.8, 4) is 28.5 Å². The van der Waals surface area contributed by atoms with E-state index in [4.69, 9.17) is 16.6 Å². The molecule has 0 radical (unpaired) electrons. The molecule has 156 valence electrons. The predicted molar refractivity (Wildman–Crippen MR) is 127 cm³/mol. The van der Waals surface area contributed by atoms with E-state index in [1.54, 1.807) is 18.2 Å². The van der Waals surface area contributed by atoms with Crippen molar-refractivity contribution >= 4 is 29.1 Å². The lowest BCUT2D eigenvalue weighted by Crippen LogP contribution is -1.97. The lowest BCUT2D eigenvalue weighted by atomic mass is 9.99. The number of nitro benzene ring substituents is 1. The van der Waals surface area contributed by atoms with E-state index in [1.165, 1.54) is 23.9 Å². The van der Waals surface area contributed by atoms with Crippen LogP contribution in [0.1, 0.15) is 11.1 Å². The van der Waals surface area contributed by atoms with Crippen molar-refractivity contribution in [2.24, 2.45) is 0 Å². The zero-order valence-electron chi connectivity index (χ0n) is 16.7. The highest BCUT2D eigenvalue weighted by atomic mass is 35.5. The third-order valence-corrected chi connectivity index (χ3v) is 6.23. The smallest absolute Gasteiger partial charge is 0.258 e. The SMILES string of the molecule is N#Cc1c(-c2ccccc2Cl)cc(-c2ccccc2)nc1SCc1ccc([N+](=O)[O-])cc1.